The van der Waals surface area contributed by atoms with Gasteiger partial charge >= 0.3 is 0 Å². The van der Waals surface area contributed by atoms with Gasteiger partial charge in [0, 0.05) is 19.1 Å². The normalized spacial score (nSPS) is 16.0. The van der Waals surface area contributed by atoms with E-state index >= 15 is 0 Å². The molecule has 6 heteroatoms. The van der Waals surface area contributed by atoms with E-state index in [4.69, 9.17) is 15.2 Å². The molecule has 1 aromatic heterocycles. The molecule has 0 aliphatic carbocycles. The monoisotopic (exact) mass is 302 g/mol. The van der Waals surface area contributed by atoms with E-state index in [-0.39, 0.29) is 0 Å². The minimum Gasteiger partial charge on any atom is -0.381 e. The van der Waals surface area contributed by atoms with Gasteiger partial charge in [-0.25, -0.2) is 4.68 Å². The number of hydrogen-bond donors (Lipinski definition) is 1. The third-order valence-electron chi connectivity index (χ3n) is 3.97. The number of benzene rings is 1. The smallest absolute Gasteiger partial charge is 0.169 e. The maximum atomic E-state index is 5.99. The third kappa shape index (κ3) is 3.64. The second-order valence-electron chi connectivity index (χ2n) is 5.51. The van der Waals surface area contributed by atoms with Crippen LogP contribution < -0.4 is 5.73 Å². The molecule has 1 aliphatic rings. The predicted octanol–water partition coefficient (Wildman–Crippen LogP) is 1.97. The Kier molecular flexibility index (Phi) is 5.03. The van der Waals surface area contributed by atoms with E-state index in [1.165, 1.54) is 5.56 Å². The molecule has 22 heavy (non-hydrogen) atoms. The number of nitrogens with zero attached hydrogens (tertiary/aromatic N) is 3. The lowest BCUT2D eigenvalue weighted by Crippen LogP contribution is -2.20. The summed E-state index contributed by atoms with van der Waals surface area (Å²) in [7, 11) is 0. The van der Waals surface area contributed by atoms with Gasteiger partial charge in [0.2, 0.25) is 0 Å². The van der Waals surface area contributed by atoms with Crippen LogP contribution in [0.4, 0.5) is 5.82 Å². The van der Waals surface area contributed by atoms with Gasteiger partial charge in [-0.2, -0.15) is 0 Å². The molecule has 3 rings (SSSR count). The van der Waals surface area contributed by atoms with Crippen molar-refractivity contribution in [1.29, 1.82) is 0 Å². The Bertz CT molecular complexity index is 579. The number of hydrogen-bond acceptors (Lipinski definition) is 5. The van der Waals surface area contributed by atoms with Crippen molar-refractivity contribution in [2.75, 3.05) is 25.6 Å². The predicted molar refractivity (Wildman–Crippen MR) is 83.3 cm³/mol. The Balaban J connectivity index is 1.54. The van der Waals surface area contributed by atoms with Crippen molar-refractivity contribution in [3.05, 3.63) is 41.6 Å². The van der Waals surface area contributed by atoms with Crippen LogP contribution in [0.3, 0.4) is 0 Å². The van der Waals surface area contributed by atoms with E-state index in [1.807, 2.05) is 22.9 Å². The van der Waals surface area contributed by atoms with Crippen molar-refractivity contribution in [3.8, 4) is 0 Å². The highest BCUT2D eigenvalue weighted by molar-refractivity contribution is 5.36. The maximum Gasteiger partial charge on any atom is 0.169 e. The molecule has 6 nitrogen and oxygen atoms in total. The van der Waals surface area contributed by atoms with Gasteiger partial charge in [0.1, 0.15) is 0 Å². The van der Waals surface area contributed by atoms with Gasteiger partial charge < -0.3 is 15.2 Å². The number of aromatic nitrogens is 3. The molecule has 0 spiro atoms. The third-order valence-corrected chi connectivity index (χ3v) is 3.97. The highest BCUT2D eigenvalue weighted by Crippen LogP contribution is 2.29. The van der Waals surface area contributed by atoms with Gasteiger partial charge in [0.05, 0.1) is 25.5 Å². The van der Waals surface area contributed by atoms with Crippen LogP contribution in [0.2, 0.25) is 0 Å². The van der Waals surface area contributed by atoms with Crippen LogP contribution in [-0.4, -0.2) is 34.8 Å². The minimum atomic E-state index is 0.387. The Morgan fingerprint density at radius 1 is 1.23 bits per heavy atom. The lowest BCUT2D eigenvalue weighted by atomic mass is 9.96. The summed E-state index contributed by atoms with van der Waals surface area (Å²) >= 11 is 0. The van der Waals surface area contributed by atoms with Gasteiger partial charge in [0.25, 0.3) is 0 Å². The fourth-order valence-electron chi connectivity index (χ4n) is 2.81. The highest BCUT2D eigenvalue weighted by atomic mass is 16.5. The summed E-state index contributed by atoms with van der Waals surface area (Å²) in [5.74, 6) is 0.924. The van der Waals surface area contributed by atoms with Crippen LogP contribution in [0.5, 0.6) is 0 Å². The van der Waals surface area contributed by atoms with E-state index in [0.717, 1.165) is 31.7 Å². The summed E-state index contributed by atoms with van der Waals surface area (Å²) in [5, 5.41) is 8.18. The molecular formula is C16H22N4O2. The van der Waals surface area contributed by atoms with E-state index < -0.39 is 0 Å². The summed E-state index contributed by atoms with van der Waals surface area (Å²) in [6, 6.07) is 10.1. The lowest BCUT2D eigenvalue weighted by molar-refractivity contribution is 0.0816. The second-order valence-corrected chi connectivity index (χ2v) is 5.51. The number of ether oxygens (including phenoxy) is 2. The molecule has 0 saturated carbocycles. The van der Waals surface area contributed by atoms with E-state index in [0.29, 0.717) is 31.5 Å². The fraction of sp³-hybridized carbons (Fsp3) is 0.500. The summed E-state index contributed by atoms with van der Waals surface area (Å²) < 4.78 is 13.0. The summed E-state index contributed by atoms with van der Waals surface area (Å²) in [6.07, 6.45) is 1.95. The minimum absolute atomic E-state index is 0.387. The van der Waals surface area contributed by atoms with Crippen molar-refractivity contribution in [1.82, 2.24) is 15.0 Å². The van der Waals surface area contributed by atoms with Gasteiger partial charge in [-0.15, -0.1) is 5.10 Å². The van der Waals surface area contributed by atoms with E-state index in [9.17, 15) is 0 Å². The molecule has 0 atom stereocenters. The molecule has 0 radical (unpaired) electrons. The van der Waals surface area contributed by atoms with Gasteiger partial charge in [-0.1, -0.05) is 35.5 Å². The molecule has 2 heterocycles. The second kappa shape index (κ2) is 7.38. The number of nitrogens with two attached hydrogens (primary N) is 1. The molecule has 118 valence electrons. The summed E-state index contributed by atoms with van der Waals surface area (Å²) in [6.45, 7) is 3.43. The molecule has 0 bridgehead atoms. The largest absolute Gasteiger partial charge is 0.381 e. The summed E-state index contributed by atoms with van der Waals surface area (Å²) in [4.78, 5) is 0. The molecule has 1 aliphatic heterocycles. The van der Waals surface area contributed by atoms with Crippen molar-refractivity contribution in [3.63, 3.8) is 0 Å². The molecule has 1 fully saturated rings. The summed E-state index contributed by atoms with van der Waals surface area (Å²) in [5.41, 5.74) is 8.20. The van der Waals surface area contributed by atoms with Gasteiger partial charge in [-0.05, 0) is 18.4 Å². The van der Waals surface area contributed by atoms with Crippen molar-refractivity contribution in [2.24, 2.45) is 0 Å². The van der Waals surface area contributed by atoms with Crippen LogP contribution in [-0.2, 0) is 22.6 Å². The zero-order chi connectivity index (χ0) is 15.2. The molecule has 0 unspecified atom stereocenters. The fourth-order valence-corrected chi connectivity index (χ4v) is 2.81. The number of anilines is 1. The van der Waals surface area contributed by atoms with Crippen molar-refractivity contribution >= 4 is 5.82 Å². The zero-order valence-electron chi connectivity index (χ0n) is 12.6. The van der Waals surface area contributed by atoms with Gasteiger partial charge in [0.15, 0.2) is 5.82 Å². The molecule has 0 amide bonds. The van der Waals surface area contributed by atoms with Crippen molar-refractivity contribution < 1.29 is 9.47 Å². The Labute approximate surface area is 130 Å². The first-order valence-corrected chi connectivity index (χ1v) is 7.73. The average Bonchev–Trinajstić information content (AvgIpc) is 2.94. The number of rotatable bonds is 6. The first kappa shape index (κ1) is 15.0. The standard InChI is InChI=1S/C16H22N4O2/c17-16-15(14-6-9-21-10-7-14)20(19-18-16)8-11-22-12-13-4-2-1-3-5-13/h1-5,14H,6-12,17H2. The SMILES string of the molecule is Nc1nnn(CCOCc2ccccc2)c1C1CCOCC1. The molecule has 2 N–H and O–H groups in total. The zero-order valence-corrected chi connectivity index (χ0v) is 12.6. The first-order valence-electron chi connectivity index (χ1n) is 7.73. The van der Waals surface area contributed by atoms with Crippen LogP contribution in [0.1, 0.15) is 30.0 Å². The highest BCUT2D eigenvalue weighted by Gasteiger charge is 2.23. The Hall–Kier alpha value is -1.92. The van der Waals surface area contributed by atoms with Crippen LogP contribution in [0.25, 0.3) is 0 Å². The first-order chi connectivity index (χ1) is 10.8. The Morgan fingerprint density at radius 3 is 2.77 bits per heavy atom. The number of nitrogen functional groups attached to an aromatic ring is 1. The molecule has 1 aromatic carbocycles. The van der Waals surface area contributed by atoms with Crippen molar-refractivity contribution in [2.45, 2.75) is 31.9 Å². The van der Waals surface area contributed by atoms with Crippen LogP contribution >= 0.6 is 0 Å². The molecular weight excluding hydrogens is 280 g/mol. The molecule has 1 saturated heterocycles. The lowest BCUT2D eigenvalue weighted by Gasteiger charge is -2.22. The van der Waals surface area contributed by atoms with E-state index in [1.54, 1.807) is 0 Å². The Morgan fingerprint density at radius 2 is 2.00 bits per heavy atom. The van der Waals surface area contributed by atoms with Crippen LogP contribution in [0.15, 0.2) is 30.3 Å². The quantitative estimate of drug-likeness (QED) is 0.826. The maximum absolute atomic E-state index is 5.99. The van der Waals surface area contributed by atoms with Crippen LogP contribution in [0, 0.1) is 0 Å². The topological polar surface area (TPSA) is 75.2 Å². The molecule has 2 aromatic rings. The van der Waals surface area contributed by atoms with E-state index in [2.05, 4.69) is 22.4 Å². The average molecular weight is 302 g/mol. The van der Waals surface area contributed by atoms with Gasteiger partial charge in [-0.3, -0.25) is 0 Å².